The molecule has 4 nitrogen and oxygen atoms in total. The lowest BCUT2D eigenvalue weighted by atomic mass is 10.4. The zero-order valence-electron chi connectivity index (χ0n) is 8.30. The number of rotatable bonds is 5. The van der Waals surface area contributed by atoms with Gasteiger partial charge in [-0.3, -0.25) is 4.79 Å². The normalized spacial score (nSPS) is 10.8. The van der Waals surface area contributed by atoms with Crippen molar-refractivity contribution in [2.24, 2.45) is 0 Å². The summed E-state index contributed by atoms with van der Waals surface area (Å²) in [6, 6.07) is 0.366. The summed E-state index contributed by atoms with van der Waals surface area (Å²) >= 11 is 1.48. The number of carboxylic acids is 1. The van der Waals surface area contributed by atoms with E-state index in [1.807, 2.05) is 10.8 Å². The summed E-state index contributed by atoms with van der Waals surface area (Å²) < 4.78 is 2.03. The molecule has 1 aromatic heterocycles. The van der Waals surface area contributed by atoms with Crippen molar-refractivity contribution in [2.45, 2.75) is 31.5 Å². The van der Waals surface area contributed by atoms with Crippen molar-refractivity contribution in [3.8, 4) is 0 Å². The summed E-state index contributed by atoms with van der Waals surface area (Å²) in [6.07, 6.45) is 3.83. The fraction of sp³-hybridized carbons (Fsp3) is 0.556. The van der Waals surface area contributed by atoms with Crippen LogP contribution in [-0.2, 0) is 4.79 Å². The predicted molar refractivity (Wildman–Crippen MR) is 55.6 cm³/mol. The van der Waals surface area contributed by atoms with Gasteiger partial charge in [0.1, 0.15) is 0 Å². The van der Waals surface area contributed by atoms with Crippen LogP contribution in [0.2, 0.25) is 0 Å². The van der Waals surface area contributed by atoms with E-state index >= 15 is 0 Å². The standard InChI is InChI=1S/C9H14N2O2S/c1-7(2)11-5-4-10-9(11)14-6-3-8(12)13/h4-5,7H,3,6H2,1-2H3,(H,12,13). The van der Waals surface area contributed by atoms with E-state index in [0.29, 0.717) is 11.8 Å². The zero-order valence-corrected chi connectivity index (χ0v) is 9.12. The van der Waals surface area contributed by atoms with E-state index in [1.165, 1.54) is 11.8 Å². The summed E-state index contributed by atoms with van der Waals surface area (Å²) in [6.45, 7) is 4.14. The lowest BCUT2D eigenvalue weighted by Gasteiger charge is -2.09. The summed E-state index contributed by atoms with van der Waals surface area (Å²) in [5, 5.41) is 9.37. The molecule has 14 heavy (non-hydrogen) atoms. The Morgan fingerprint density at radius 2 is 2.43 bits per heavy atom. The van der Waals surface area contributed by atoms with E-state index < -0.39 is 5.97 Å². The van der Waals surface area contributed by atoms with E-state index in [2.05, 4.69) is 18.8 Å². The minimum absolute atomic E-state index is 0.176. The monoisotopic (exact) mass is 214 g/mol. The van der Waals surface area contributed by atoms with Crippen LogP contribution in [0.3, 0.4) is 0 Å². The highest BCUT2D eigenvalue weighted by atomic mass is 32.2. The van der Waals surface area contributed by atoms with Crippen molar-refractivity contribution in [1.29, 1.82) is 0 Å². The average Bonchev–Trinajstić information content (AvgIpc) is 2.51. The predicted octanol–water partition coefficient (Wildman–Crippen LogP) is 2.03. The first-order chi connectivity index (χ1) is 6.61. The van der Waals surface area contributed by atoms with E-state index in [4.69, 9.17) is 5.11 Å². The minimum Gasteiger partial charge on any atom is -0.481 e. The van der Waals surface area contributed by atoms with Gasteiger partial charge in [0, 0.05) is 24.2 Å². The van der Waals surface area contributed by atoms with Crippen LogP contribution in [0.4, 0.5) is 0 Å². The molecule has 0 aliphatic carbocycles. The highest BCUT2D eigenvalue weighted by Gasteiger charge is 2.06. The number of carboxylic acid groups (broad SMARTS) is 1. The maximum atomic E-state index is 10.3. The molecule has 78 valence electrons. The molecule has 0 saturated carbocycles. The molecule has 1 heterocycles. The smallest absolute Gasteiger partial charge is 0.304 e. The van der Waals surface area contributed by atoms with Gasteiger partial charge in [0.15, 0.2) is 5.16 Å². The largest absolute Gasteiger partial charge is 0.481 e. The van der Waals surface area contributed by atoms with Gasteiger partial charge in [-0.1, -0.05) is 11.8 Å². The van der Waals surface area contributed by atoms with Gasteiger partial charge in [0.25, 0.3) is 0 Å². The molecule has 0 unspecified atom stereocenters. The Bertz CT molecular complexity index is 310. The van der Waals surface area contributed by atoms with Crippen LogP contribution >= 0.6 is 11.8 Å². The molecule has 0 aliphatic rings. The van der Waals surface area contributed by atoms with Crippen molar-refractivity contribution in [1.82, 2.24) is 9.55 Å². The Morgan fingerprint density at radius 1 is 1.71 bits per heavy atom. The van der Waals surface area contributed by atoms with Crippen LogP contribution in [-0.4, -0.2) is 26.4 Å². The number of thioether (sulfide) groups is 1. The second-order valence-corrected chi connectivity index (χ2v) is 4.27. The quantitative estimate of drug-likeness (QED) is 0.762. The lowest BCUT2D eigenvalue weighted by Crippen LogP contribution is -2.02. The Kier molecular flexibility index (Phi) is 4.00. The topological polar surface area (TPSA) is 55.1 Å². The lowest BCUT2D eigenvalue weighted by molar-refractivity contribution is -0.136. The van der Waals surface area contributed by atoms with E-state index in [0.717, 1.165) is 5.16 Å². The van der Waals surface area contributed by atoms with Crippen molar-refractivity contribution < 1.29 is 9.90 Å². The first kappa shape index (κ1) is 11.1. The number of imidazole rings is 1. The second-order valence-electron chi connectivity index (χ2n) is 3.20. The van der Waals surface area contributed by atoms with Crippen molar-refractivity contribution in [3.63, 3.8) is 0 Å². The minimum atomic E-state index is -0.764. The molecule has 0 aromatic carbocycles. The van der Waals surface area contributed by atoms with Gasteiger partial charge >= 0.3 is 5.97 Å². The van der Waals surface area contributed by atoms with Crippen LogP contribution < -0.4 is 0 Å². The zero-order chi connectivity index (χ0) is 10.6. The Hall–Kier alpha value is -0.970. The van der Waals surface area contributed by atoms with Crippen LogP contribution in [0.1, 0.15) is 26.3 Å². The first-order valence-corrected chi connectivity index (χ1v) is 5.47. The molecular formula is C9H14N2O2S. The summed E-state index contributed by atoms with van der Waals surface area (Å²) in [7, 11) is 0. The maximum Gasteiger partial charge on any atom is 0.304 e. The van der Waals surface area contributed by atoms with Crippen LogP contribution in [0.15, 0.2) is 17.6 Å². The third-order valence-corrected chi connectivity index (χ3v) is 2.72. The van der Waals surface area contributed by atoms with Gasteiger partial charge < -0.3 is 9.67 Å². The van der Waals surface area contributed by atoms with Crippen LogP contribution in [0, 0.1) is 0 Å². The summed E-state index contributed by atoms with van der Waals surface area (Å²) in [5.74, 6) is -0.195. The average molecular weight is 214 g/mol. The number of carbonyl (C=O) groups is 1. The Morgan fingerprint density at radius 3 is 3.00 bits per heavy atom. The van der Waals surface area contributed by atoms with Crippen molar-refractivity contribution in [3.05, 3.63) is 12.4 Å². The molecule has 0 spiro atoms. The fourth-order valence-electron chi connectivity index (χ4n) is 1.03. The molecule has 0 bridgehead atoms. The van der Waals surface area contributed by atoms with Gasteiger partial charge in [-0.15, -0.1) is 0 Å². The molecule has 0 radical (unpaired) electrons. The van der Waals surface area contributed by atoms with Crippen molar-refractivity contribution >= 4 is 17.7 Å². The summed E-state index contributed by atoms with van der Waals surface area (Å²) in [5.41, 5.74) is 0. The van der Waals surface area contributed by atoms with Crippen LogP contribution in [0.5, 0.6) is 0 Å². The molecular weight excluding hydrogens is 200 g/mol. The number of hydrogen-bond acceptors (Lipinski definition) is 3. The second kappa shape index (κ2) is 5.05. The van der Waals surface area contributed by atoms with Gasteiger partial charge in [0.2, 0.25) is 0 Å². The number of aliphatic carboxylic acids is 1. The number of aromatic nitrogens is 2. The highest BCUT2D eigenvalue weighted by molar-refractivity contribution is 7.99. The number of hydrogen-bond donors (Lipinski definition) is 1. The van der Waals surface area contributed by atoms with E-state index in [1.54, 1.807) is 6.20 Å². The molecule has 5 heteroatoms. The molecule has 0 amide bonds. The molecule has 0 atom stereocenters. The molecule has 1 aromatic rings. The highest BCUT2D eigenvalue weighted by Crippen LogP contribution is 2.20. The van der Waals surface area contributed by atoms with Crippen molar-refractivity contribution in [2.75, 3.05) is 5.75 Å². The summed E-state index contributed by atoms with van der Waals surface area (Å²) in [4.78, 5) is 14.5. The molecule has 1 N–H and O–H groups in total. The van der Waals surface area contributed by atoms with Crippen LogP contribution in [0.25, 0.3) is 0 Å². The van der Waals surface area contributed by atoms with Gasteiger partial charge in [0.05, 0.1) is 6.42 Å². The SMILES string of the molecule is CC(C)n1ccnc1SCCC(=O)O. The third kappa shape index (κ3) is 3.06. The van der Waals surface area contributed by atoms with E-state index in [9.17, 15) is 4.79 Å². The van der Waals surface area contributed by atoms with Gasteiger partial charge in [-0.25, -0.2) is 4.98 Å². The maximum absolute atomic E-state index is 10.3. The molecule has 0 fully saturated rings. The Balaban J connectivity index is 2.50. The van der Waals surface area contributed by atoms with Gasteiger partial charge in [-0.2, -0.15) is 0 Å². The molecule has 0 saturated heterocycles. The number of nitrogens with zero attached hydrogens (tertiary/aromatic N) is 2. The fourth-order valence-corrected chi connectivity index (χ4v) is 2.05. The Labute approximate surface area is 87.3 Å². The molecule has 0 aliphatic heterocycles. The van der Waals surface area contributed by atoms with E-state index in [-0.39, 0.29) is 6.42 Å². The first-order valence-electron chi connectivity index (χ1n) is 4.48. The van der Waals surface area contributed by atoms with Gasteiger partial charge in [-0.05, 0) is 13.8 Å². The third-order valence-electron chi connectivity index (χ3n) is 1.74. The molecule has 1 rings (SSSR count).